The zero-order chi connectivity index (χ0) is 22.6. The first-order valence-electron chi connectivity index (χ1n) is 10.3. The van der Waals surface area contributed by atoms with E-state index in [-0.39, 0.29) is 10.8 Å². The molecule has 0 spiro atoms. The standard InChI is InChI=1S/C21H24N6O3S2/c1-16(31-21-23-24-25-27(21)15-17-7-3-2-4-8-17)20(28)22-18-9-11-19(12-10-18)32(29,30)26-13-5-6-14-26/h2-4,7-12,16H,5-6,13-15H2,1H3,(H,22,28)/t16-/m1/s1. The Morgan fingerprint density at radius 3 is 2.47 bits per heavy atom. The summed E-state index contributed by atoms with van der Waals surface area (Å²) in [5.41, 5.74) is 1.59. The van der Waals surface area contributed by atoms with Gasteiger partial charge in [-0.05, 0) is 60.0 Å². The smallest absolute Gasteiger partial charge is 0.243 e. The average molecular weight is 473 g/mol. The number of carbonyl (C=O) groups is 1. The monoisotopic (exact) mass is 472 g/mol. The van der Waals surface area contributed by atoms with E-state index in [0.717, 1.165) is 18.4 Å². The highest BCUT2D eigenvalue weighted by Gasteiger charge is 2.27. The summed E-state index contributed by atoms with van der Waals surface area (Å²) in [6, 6.07) is 16.1. The average Bonchev–Trinajstić information content (AvgIpc) is 3.48. The van der Waals surface area contributed by atoms with Gasteiger partial charge in [-0.15, -0.1) is 5.10 Å². The molecule has 0 aliphatic carbocycles. The molecular formula is C21H24N6O3S2. The normalized spacial score (nSPS) is 15.5. The largest absolute Gasteiger partial charge is 0.325 e. The quantitative estimate of drug-likeness (QED) is 0.502. The molecular weight excluding hydrogens is 448 g/mol. The summed E-state index contributed by atoms with van der Waals surface area (Å²) in [4.78, 5) is 12.9. The third-order valence-corrected chi connectivity index (χ3v) is 8.13. The zero-order valence-electron chi connectivity index (χ0n) is 17.6. The molecule has 3 aromatic rings. The van der Waals surface area contributed by atoms with E-state index in [1.54, 1.807) is 23.7 Å². The molecule has 1 atom stereocenters. The van der Waals surface area contributed by atoms with Crippen LogP contribution in [0.15, 0.2) is 64.6 Å². The van der Waals surface area contributed by atoms with Crippen LogP contribution in [-0.4, -0.2) is 57.2 Å². The van der Waals surface area contributed by atoms with E-state index in [4.69, 9.17) is 0 Å². The number of aromatic nitrogens is 4. The number of tetrazole rings is 1. The van der Waals surface area contributed by atoms with Crippen LogP contribution in [0.2, 0.25) is 0 Å². The maximum atomic E-state index is 12.7. The van der Waals surface area contributed by atoms with Gasteiger partial charge in [0, 0.05) is 18.8 Å². The van der Waals surface area contributed by atoms with Gasteiger partial charge in [-0.1, -0.05) is 42.1 Å². The number of nitrogens with one attached hydrogen (secondary N) is 1. The fourth-order valence-electron chi connectivity index (χ4n) is 3.38. The Morgan fingerprint density at radius 1 is 1.09 bits per heavy atom. The Kier molecular flexibility index (Phi) is 6.87. The SMILES string of the molecule is C[C@@H](Sc1nnnn1Cc1ccccc1)C(=O)Nc1ccc(S(=O)(=O)N2CCCC2)cc1. The number of amides is 1. The van der Waals surface area contributed by atoms with E-state index in [1.807, 2.05) is 30.3 Å². The molecule has 4 rings (SSSR count). The molecule has 11 heteroatoms. The van der Waals surface area contributed by atoms with Gasteiger partial charge in [-0.3, -0.25) is 4.79 Å². The number of rotatable bonds is 8. The number of thioether (sulfide) groups is 1. The Labute approximate surface area is 191 Å². The summed E-state index contributed by atoms with van der Waals surface area (Å²) in [6.07, 6.45) is 1.77. The molecule has 1 N–H and O–H groups in total. The van der Waals surface area contributed by atoms with Crippen LogP contribution in [0.1, 0.15) is 25.3 Å². The van der Waals surface area contributed by atoms with Crippen molar-refractivity contribution >= 4 is 33.4 Å². The maximum absolute atomic E-state index is 12.7. The van der Waals surface area contributed by atoms with Crippen molar-refractivity contribution in [1.29, 1.82) is 0 Å². The summed E-state index contributed by atoms with van der Waals surface area (Å²) in [7, 11) is -3.47. The molecule has 0 unspecified atom stereocenters. The lowest BCUT2D eigenvalue weighted by Gasteiger charge is -2.16. The second-order valence-electron chi connectivity index (χ2n) is 7.49. The van der Waals surface area contributed by atoms with Crippen LogP contribution in [0, 0.1) is 0 Å². The van der Waals surface area contributed by atoms with Crippen molar-refractivity contribution in [1.82, 2.24) is 24.5 Å². The van der Waals surface area contributed by atoms with Crippen LogP contribution >= 0.6 is 11.8 Å². The van der Waals surface area contributed by atoms with Crippen molar-refractivity contribution in [2.45, 2.75) is 41.6 Å². The van der Waals surface area contributed by atoms with Crippen molar-refractivity contribution < 1.29 is 13.2 Å². The molecule has 1 aliphatic heterocycles. The number of hydrogen-bond donors (Lipinski definition) is 1. The van der Waals surface area contributed by atoms with Gasteiger partial charge >= 0.3 is 0 Å². The van der Waals surface area contributed by atoms with Gasteiger partial charge in [0.2, 0.25) is 21.1 Å². The summed E-state index contributed by atoms with van der Waals surface area (Å²) in [5, 5.41) is 14.7. The molecule has 0 saturated carbocycles. The van der Waals surface area contributed by atoms with Gasteiger partial charge in [0.05, 0.1) is 16.7 Å². The van der Waals surface area contributed by atoms with Crippen molar-refractivity contribution in [2.24, 2.45) is 0 Å². The molecule has 32 heavy (non-hydrogen) atoms. The Morgan fingerprint density at radius 2 is 1.78 bits per heavy atom. The third-order valence-electron chi connectivity index (χ3n) is 5.15. The second kappa shape index (κ2) is 9.80. The fraction of sp³-hybridized carbons (Fsp3) is 0.333. The Bertz CT molecular complexity index is 1160. The molecule has 1 aliphatic rings. The second-order valence-corrected chi connectivity index (χ2v) is 10.7. The van der Waals surface area contributed by atoms with Crippen LogP contribution < -0.4 is 5.32 Å². The van der Waals surface area contributed by atoms with E-state index in [1.165, 1.54) is 28.2 Å². The van der Waals surface area contributed by atoms with Gasteiger partial charge in [0.1, 0.15) is 0 Å². The van der Waals surface area contributed by atoms with E-state index < -0.39 is 15.3 Å². The number of sulfonamides is 1. The summed E-state index contributed by atoms with van der Waals surface area (Å²) < 4.78 is 28.4. The highest BCUT2D eigenvalue weighted by molar-refractivity contribution is 8.00. The highest BCUT2D eigenvalue weighted by Crippen LogP contribution is 2.24. The first-order chi connectivity index (χ1) is 15.4. The van der Waals surface area contributed by atoms with Gasteiger partial charge in [0.15, 0.2) is 0 Å². The maximum Gasteiger partial charge on any atom is 0.243 e. The number of anilines is 1. The predicted molar refractivity (Wildman–Crippen MR) is 122 cm³/mol. The molecule has 1 saturated heterocycles. The number of carbonyl (C=O) groups excluding carboxylic acids is 1. The molecule has 0 radical (unpaired) electrons. The van der Waals surface area contributed by atoms with Crippen LogP contribution in [0.5, 0.6) is 0 Å². The minimum absolute atomic E-state index is 0.223. The fourth-order valence-corrected chi connectivity index (χ4v) is 5.69. The Balaban J connectivity index is 1.37. The molecule has 0 bridgehead atoms. The number of hydrogen-bond acceptors (Lipinski definition) is 7. The van der Waals surface area contributed by atoms with Crippen molar-refractivity contribution in [3.05, 3.63) is 60.2 Å². The van der Waals surface area contributed by atoms with Gasteiger partial charge in [-0.2, -0.15) is 4.31 Å². The summed E-state index contributed by atoms with van der Waals surface area (Å²) >= 11 is 1.26. The van der Waals surface area contributed by atoms with Gasteiger partial charge in [-0.25, -0.2) is 13.1 Å². The van der Waals surface area contributed by atoms with Crippen molar-refractivity contribution in [3.63, 3.8) is 0 Å². The topological polar surface area (TPSA) is 110 Å². The third kappa shape index (κ3) is 5.17. The van der Waals surface area contributed by atoms with Crippen LogP contribution in [-0.2, 0) is 21.4 Å². The van der Waals surface area contributed by atoms with Crippen LogP contribution in [0.4, 0.5) is 5.69 Å². The van der Waals surface area contributed by atoms with Gasteiger partial charge in [0.25, 0.3) is 0 Å². The molecule has 1 amide bonds. The lowest BCUT2D eigenvalue weighted by atomic mass is 10.2. The van der Waals surface area contributed by atoms with Crippen molar-refractivity contribution in [3.8, 4) is 0 Å². The lowest BCUT2D eigenvalue weighted by Crippen LogP contribution is -2.27. The molecule has 2 aromatic carbocycles. The summed E-state index contributed by atoms with van der Waals surface area (Å²) in [6.45, 7) is 3.39. The van der Waals surface area contributed by atoms with Crippen LogP contribution in [0.25, 0.3) is 0 Å². The summed E-state index contributed by atoms with van der Waals surface area (Å²) in [5.74, 6) is -0.223. The number of benzene rings is 2. The van der Waals surface area contributed by atoms with Gasteiger partial charge < -0.3 is 5.32 Å². The van der Waals surface area contributed by atoms with E-state index >= 15 is 0 Å². The molecule has 168 valence electrons. The Hall–Kier alpha value is -2.76. The highest BCUT2D eigenvalue weighted by atomic mass is 32.2. The predicted octanol–water partition coefficient (Wildman–Crippen LogP) is 2.63. The zero-order valence-corrected chi connectivity index (χ0v) is 19.2. The molecule has 9 nitrogen and oxygen atoms in total. The lowest BCUT2D eigenvalue weighted by molar-refractivity contribution is -0.115. The van der Waals surface area contributed by atoms with E-state index in [9.17, 15) is 13.2 Å². The molecule has 2 heterocycles. The first kappa shape index (κ1) is 22.4. The van der Waals surface area contributed by atoms with Crippen molar-refractivity contribution in [2.75, 3.05) is 18.4 Å². The van der Waals surface area contributed by atoms with Crippen LogP contribution in [0.3, 0.4) is 0 Å². The van der Waals surface area contributed by atoms with E-state index in [2.05, 4.69) is 20.8 Å². The minimum atomic E-state index is -3.47. The molecule has 1 aromatic heterocycles. The number of nitrogens with zero attached hydrogens (tertiary/aromatic N) is 5. The van der Waals surface area contributed by atoms with E-state index in [0.29, 0.717) is 30.5 Å². The minimum Gasteiger partial charge on any atom is -0.325 e. The molecule has 1 fully saturated rings. The first-order valence-corrected chi connectivity index (χ1v) is 12.6.